The fraction of sp³-hybridized carbons (Fsp3) is 0.348. The van der Waals surface area contributed by atoms with Crippen LogP contribution in [0.2, 0.25) is 0 Å². The number of piperidine rings is 1. The lowest BCUT2D eigenvalue weighted by atomic mass is 9.96. The normalized spacial score (nSPS) is 17.5. The van der Waals surface area contributed by atoms with E-state index in [-0.39, 0.29) is 5.92 Å². The highest BCUT2D eigenvalue weighted by Crippen LogP contribution is 2.36. The monoisotopic (exact) mass is 466 g/mol. The van der Waals surface area contributed by atoms with E-state index in [9.17, 15) is 8.42 Å². The molecule has 172 valence electrons. The van der Waals surface area contributed by atoms with Crippen LogP contribution in [0, 0.1) is 0 Å². The van der Waals surface area contributed by atoms with Gasteiger partial charge in [0.1, 0.15) is 11.4 Å². The number of ether oxygens (including phenoxy) is 1. The number of hydrogen-bond donors (Lipinski definition) is 0. The van der Waals surface area contributed by atoms with Gasteiger partial charge in [0.25, 0.3) is 0 Å². The molecule has 1 unspecified atom stereocenters. The summed E-state index contributed by atoms with van der Waals surface area (Å²) in [4.78, 5) is 9.22. The second-order valence-corrected chi connectivity index (χ2v) is 10.4. The van der Waals surface area contributed by atoms with Crippen molar-refractivity contribution < 1.29 is 13.2 Å². The van der Waals surface area contributed by atoms with Crippen LogP contribution in [0.1, 0.15) is 24.5 Å². The Morgan fingerprint density at radius 3 is 2.55 bits per heavy atom. The Morgan fingerprint density at radius 1 is 1.09 bits per heavy atom. The molecule has 1 atom stereocenters. The van der Waals surface area contributed by atoms with E-state index in [0.29, 0.717) is 18.7 Å². The van der Waals surface area contributed by atoms with Crippen molar-refractivity contribution in [2.75, 3.05) is 26.5 Å². The zero-order valence-electron chi connectivity index (χ0n) is 18.8. The average Bonchev–Trinajstić information content (AvgIpc) is 3.41. The highest BCUT2D eigenvalue weighted by molar-refractivity contribution is 7.88. The van der Waals surface area contributed by atoms with Gasteiger partial charge in [0.15, 0.2) is 11.5 Å². The zero-order chi connectivity index (χ0) is 23.2. The molecule has 0 bridgehead atoms. The summed E-state index contributed by atoms with van der Waals surface area (Å²) in [5.74, 6) is 1.53. The number of methoxy groups -OCH3 is 1. The minimum absolute atomic E-state index is 0.0248. The second-order valence-electron chi connectivity index (χ2n) is 8.38. The van der Waals surface area contributed by atoms with Crippen LogP contribution >= 0.6 is 0 Å². The van der Waals surface area contributed by atoms with Gasteiger partial charge in [0.2, 0.25) is 10.0 Å². The van der Waals surface area contributed by atoms with Gasteiger partial charge >= 0.3 is 0 Å². The first kappa shape index (κ1) is 21.6. The van der Waals surface area contributed by atoms with Crippen molar-refractivity contribution in [3.63, 3.8) is 0 Å². The lowest BCUT2D eigenvalue weighted by Crippen LogP contribution is -2.38. The fourth-order valence-corrected chi connectivity index (χ4v) is 5.44. The first-order valence-corrected chi connectivity index (χ1v) is 12.7. The molecule has 33 heavy (non-hydrogen) atoms. The van der Waals surface area contributed by atoms with E-state index in [2.05, 4.69) is 9.97 Å². The predicted molar refractivity (Wildman–Crippen MR) is 126 cm³/mol. The maximum Gasteiger partial charge on any atom is 0.211 e. The molecule has 0 amide bonds. The largest absolute Gasteiger partial charge is 0.497 e. The van der Waals surface area contributed by atoms with Crippen molar-refractivity contribution in [3.05, 3.63) is 54.6 Å². The molecule has 0 N–H and O–H groups in total. The third-order valence-electron chi connectivity index (χ3n) is 6.23. The summed E-state index contributed by atoms with van der Waals surface area (Å²) in [6.07, 6.45) is 8.38. The Morgan fingerprint density at radius 2 is 1.88 bits per heavy atom. The third-order valence-corrected chi connectivity index (χ3v) is 7.50. The summed E-state index contributed by atoms with van der Waals surface area (Å²) in [5, 5.41) is 4.97. The number of sulfonamides is 1. The van der Waals surface area contributed by atoms with Crippen LogP contribution in [0.4, 0.5) is 0 Å². The molecule has 1 aliphatic heterocycles. The number of hydrogen-bond acceptors (Lipinski definition) is 6. The SMILES string of the molecule is COc1ccc(-c2c(-c3nccn3C)nn3c(C4CCCN(S(C)(=O)=O)C4)ccnc23)cc1. The van der Waals surface area contributed by atoms with E-state index < -0.39 is 10.0 Å². The minimum atomic E-state index is -3.25. The van der Waals surface area contributed by atoms with Gasteiger partial charge in [0, 0.05) is 44.6 Å². The van der Waals surface area contributed by atoms with Gasteiger partial charge in [-0.3, -0.25) is 0 Å². The number of nitrogens with zero attached hydrogens (tertiary/aromatic N) is 6. The average molecular weight is 467 g/mol. The molecule has 1 fully saturated rings. The van der Waals surface area contributed by atoms with Crippen LogP contribution in [0.25, 0.3) is 28.3 Å². The smallest absolute Gasteiger partial charge is 0.211 e. The molecule has 4 heterocycles. The van der Waals surface area contributed by atoms with Crippen molar-refractivity contribution in [1.82, 2.24) is 28.5 Å². The summed E-state index contributed by atoms with van der Waals surface area (Å²) in [6.45, 7) is 0.992. The zero-order valence-corrected chi connectivity index (χ0v) is 19.7. The van der Waals surface area contributed by atoms with Crippen LogP contribution in [-0.2, 0) is 17.1 Å². The van der Waals surface area contributed by atoms with E-state index in [0.717, 1.165) is 46.9 Å². The van der Waals surface area contributed by atoms with Crippen LogP contribution < -0.4 is 4.74 Å². The lowest BCUT2D eigenvalue weighted by Gasteiger charge is -2.31. The molecular weight excluding hydrogens is 440 g/mol. The van der Waals surface area contributed by atoms with Gasteiger partial charge in [-0.1, -0.05) is 12.1 Å². The van der Waals surface area contributed by atoms with E-state index in [4.69, 9.17) is 9.84 Å². The Bertz CT molecular complexity index is 1410. The summed E-state index contributed by atoms with van der Waals surface area (Å²) in [5.41, 5.74) is 4.22. The van der Waals surface area contributed by atoms with Crippen molar-refractivity contribution in [3.8, 4) is 28.4 Å². The molecule has 4 aromatic rings. The van der Waals surface area contributed by atoms with Crippen molar-refractivity contribution in [2.45, 2.75) is 18.8 Å². The highest BCUT2D eigenvalue weighted by Gasteiger charge is 2.30. The number of rotatable bonds is 5. The molecule has 0 saturated carbocycles. The molecule has 0 radical (unpaired) electrons. The van der Waals surface area contributed by atoms with Crippen molar-refractivity contribution in [1.29, 1.82) is 0 Å². The second kappa shape index (κ2) is 8.27. The van der Waals surface area contributed by atoms with Crippen molar-refractivity contribution in [2.24, 2.45) is 7.05 Å². The van der Waals surface area contributed by atoms with Gasteiger partial charge in [-0.05, 0) is 36.6 Å². The summed E-state index contributed by atoms with van der Waals surface area (Å²) < 4.78 is 35.0. The molecule has 0 spiro atoms. The van der Waals surface area contributed by atoms with Crippen LogP contribution in [0.15, 0.2) is 48.9 Å². The Hall–Kier alpha value is -3.24. The first-order valence-electron chi connectivity index (χ1n) is 10.8. The molecule has 0 aliphatic carbocycles. The van der Waals surface area contributed by atoms with Gasteiger partial charge in [-0.15, -0.1) is 0 Å². The third kappa shape index (κ3) is 3.89. The van der Waals surface area contributed by atoms with Gasteiger partial charge < -0.3 is 9.30 Å². The lowest BCUT2D eigenvalue weighted by molar-refractivity contribution is 0.312. The van der Waals surface area contributed by atoms with E-state index in [1.54, 1.807) is 23.8 Å². The predicted octanol–water partition coefficient (Wildman–Crippen LogP) is 2.94. The number of fused-ring (bicyclic) bond motifs is 1. The van der Waals surface area contributed by atoms with E-state index in [1.165, 1.54) is 6.26 Å². The Labute approximate surface area is 192 Å². The van der Waals surface area contributed by atoms with E-state index >= 15 is 0 Å². The highest BCUT2D eigenvalue weighted by atomic mass is 32.2. The Balaban J connectivity index is 1.70. The number of aromatic nitrogens is 5. The number of benzene rings is 1. The maximum atomic E-state index is 12.2. The minimum Gasteiger partial charge on any atom is -0.497 e. The molecule has 9 nitrogen and oxygen atoms in total. The van der Waals surface area contributed by atoms with Gasteiger partial charge in [-0.25, -0.2) is 27.2 Å². The van der Waals surface area contributed by atoms with Crippen LogP contribution in [0.5, 0.6) is 5.75 Å². The van der Waals surface area contributed by atoms with Crippen molar-refractivity contribution >= 4 is 15.7 Å². The standard InChI is InChI=1S/C23H26N6O3S/c1-27-14-12-25-23(27)21-20(16-6-8-18(32-2)9-7-16)22-24-11-10-19(29(22)26-21)17-5-4-13-28(15-17)33(3,30)31/h6-12,14,17H,4-5,13,15H2,1-3H3. The molecule has 3 aromatic heterocycles. The maximum absolute atomic E-state index is 12.2. The van der Waals surface area contributed by atoms with Crippen LogP contribution in [0.3, 0.4) is 0 Å². The number of aryl methyl sites for hydroxylation is 1. The van der Waals surface area contributed by atoms with Crippen LogP contribution in [-0.4, -0.2) is 63.3 Å². The Kier molecular flexibility index (Phi) is 5.41. The molecule has 1 aromatic carbocycles. The van der Waals surface area contributed by atoms with Gasteiger partial charge in [-0.2, -0.15) is 5.10 Å². The summed E-state index contributed by atoms with van der Waals surface area (Å²) >= 11 is 0. The molecular formula is C23H26N6O3S. The molecule has 1 aliphatic rings. The molecule has 5 rings (SSSR count). The molecule has 10 heteroatoms. The fourth-order valence-electron chi connectivity index (χ4n) is 4.53. The quantitative estimate of drug-likeness (QED) is 0.449. The molecule has 1 saturated heterocycles. The topological polar surface area (TPSA) is 94.6 Å². The summed E-state index contributed by atoms with van der Waals surface area (Å²) in [6, 6.07) is 9.74. The van der Waals surface area contributed by atoms with Gasteiger partial charge in [0.05, 0.1) is 24.6 Å². The summed E-state index contributed by atoms with van der Waals surface area (Å²) in [7, 11) is 0.324. The first-order chi connectivity index (χ1) is 15.9. The van der Waals surface area contributed by atoms with E-state index in [1.807, 2.05) is 52.7 Å². The number of imidazole rings is 1.